The minimum Gasteiger partial charge on any atom is -0.268 e. The first-order chi connectivity index (χ1) is 13.1. The Kier molecular flexibility index (Phi) is 4.66. The fraction of sp³-hybridized carbons (Fsp3) is 0.0556. The molecule has 1 aromatic carbocycles. The van der Waals surface area contributed by atoms with E-state index in [4.69, 9.17) is 11.6 Å². The molecular formula is C18H10ClN5OS2. The highest BCUT2D eigenvalue weighted by molar-refractivity contribution is 8.01. The zero-order valence-electron chi connectivity index (χ0n) is 13.9. The van der Waals surface area contributed by atoms with E-state index in [-0.39, 0.29) is 16.3 Å². The lowest BCUT2D eigenvalue weighted by Crippen LogP contribution is -2.22. The van der Waals surface area contributed by atoms with Crippen LogP contribution in [0, 0.1) is 18.3 Å². The number of halogens is 1. The Hall–Kier alpha value is -2.73. The summed E-state index contributed by atoms with van der Waals surface area (Å²) in [6.45, 7) is 1.92. The van der Waals surface area contributed by atoms with Crippen molar-refractivity contribution in [3.05, 3.63) is 69.2 Å². The van der Waals surface area contributed by atoms with Crippen molar-refractivity contribution in [2.24, 2.45) is 0 Å². The van der Waals surface area contributed by atoms with Crippen LogP contribution >= 0.6 is 34.9 Å². The topological polar surface area (TPSA) is 84.5 Å². The first-order valence-corrected chi connectivity index (χ1v) is 9.73. The van der Waals surface area contributed by atoms with Gasteiger partial charge < -0.3 is 0 Å². The number of rotatable bonds is 3. The highest BCUT2D eigenvalue weighted by Crippen LogP contribution is 2.36. The van der Waals surface area contributed by atoms with Gasteiger partial charge in [0.05, 0.1) is 10.9 Å². The van der Waals surface area contributed by atoms with Gasteiger partial charge in [0.1, 0.15) is 21.7 Å². The van der Waals surface area contributed by atoms with Gasteiger partial charge in [-0.3, -0.25) is 4.79 Å². The summed E-state index contributed by atoms with van der Waals surface area (Å²) in [6, 6.07) is 12.8. The van der Waals surface area contributed by atoms with E-state index in [2.05, 4.69) is 14.3 Å². The van der Waals surface area contributed by atoms with Crippen molar-refractivity contribution in [2.75, 3.05) is 0 Å². The monoisotopic (exact) mass is 411 g/mol. The molecule has 4 rings (SSSR count). The zero-order chi connectivity index (χ0) is 19.0. The first kappa shape index (κ1) is 17.7. The molecule has 0 radical (unpaired) electrons. The summed E-state index contributed by atoms with van der Waals surface area (Å²) < 4.78 is 6.04. The Labute approximate surface area is 167 Å². The van der Waals surface area contributed by atoms with Crippen molar-refractivity contribution in [1.29, 1.82) is 5.26 Å². The molecule has 6 nitrogen and oxygen atoms in total. The van der Waals surface area contributed by atoms with Gasteiger partial charge in [-0.25, -0.2) is 14.5 Å². The molecule has 132 valence electrons. The maximum absolute atomic E-state index is 13.2. The summed E-state index contributed by atoms with van der Waals surface area (Å²) in [4.78, 5) is 22.2. The van der Waals surface area contributed by atoms with Crippen LogP contribution in [0.2, 0.25) is 5.15 Å². The zero-order valence-corrected chi connectivity index (χ0v) is 16.3. The first-order valence-electron chi connectivity index (χ1n) is 7.76. The Bertz CT molecular complexity index is 1260. The van der Waals surface area contributed by atoms with Gasteiger partial charge in [-0.1, -0.05) is 29.8 Å². The summed E-state index contributed by atoms with van der Waals surface area (Å²) >= 11 is 8.25. The molecule has 0 spiro atoms. The van der Waals surface area contributed by atoms with Gasteiger partial charge >= 0.3 is 0 Å². The molecule has 0 unspecified atom stereocenters. The molecule has 4 aromatic rings. The molecule has 0 fully saturated rings. The number of benzene rings is 1. The second-order valence-electron chi connectivity index (χ2n) is 5.60. The molecule has 0 saturated heterocycles. The largest absolute Gasteiger partial charge is 0.268 e. The third-order valence-electron chi connectivity index (χ3n) is 3.78. The highest BCUT2D eigenvalue weighted by Gasteiger charge is 2.19. The van der Waals surface area contributed by atoms with Crippen molar-refractivity contribution in [3.8, 4) is 11.9 Å². The lowest BCUT2D eigenvalue weighted by Gasteiger charge is -2.12. The smallest absolute Gasteiger partial charge is 0.267 e. The normalized spacial score (nSPS) is 10.9. The van der Waals surface area contributed by atoms with Crippen molar-refractivity contribution in [2.45, 2.75) is 16.3 Å². The van der Waals surface area contributed by atoms with Crippen molar-refractivity contribution >= 4 is 45.8 Å². The Morgan fingerprint density at radius 1 is 1.26 bits per heavy atom. The maximum Gasteiger partial charge on any atom is 0.267 e. The molecule has 0 bridgehead atoms. The molecule has 27 heavy (non-hydrogen) atoms. The summed E-state index contributed by atoms with van der Waals surface area (Å²) in [5.41, 5.74) is 1.60. The third-order valence-corrected chi connectivity index (χ3v) is 6.12. The van der Waals surface area contributed by atoms with Gasteiger partial charge in [-0.15, -0.1) is 0 Å². The van der Waals surface area contributed by atoms with E-state index in [1.165, 1.54) is 16.3 Å². The Morgan fingerprint density at radius 2 is 2.07 bits per heavy atom. The van der Waals surface area contributed by atoms with Crippen LogP contribution in [-0.4, -0.2) is 18.9 Å². The fourth-order valence-electron chi connectivity index (χ4n) is 2.48. The molecule has 9 heteroatoms. The Balaban J connectivity index is 1.98. The van der Waals surface area contributed by atoms with Gasteiger partial charge in [0, 0.05) is 6.20 Å². The number of aromatic nitrogens is 4. The van der Waals surface area contributed by atoms with Crippen molar-refractivity contribution < 1.29 is 0 Å². The number of nitriles is 1. The molecule has 3 aromatic heterocycles. The number of fused-ring (bicyclic) bond motifs is 1. The van der Waals surface area contributed by atoms with Crippen LogP contribution in [0.3, 0.4) is 0 Å². The molecular weight excluding hydrogens is 402 g/mol. The molecule has 0 aliphatic heterocycles. The van der Waals surface area contributed by atoms with Crippen LogP contribution in [0.15, 0.2) is 56.8 Å². The maximum atomic E-state index is 13.2. The number of nitrogens with zero attached hydrogens (tertiary/aromatic N) is 5. The molecule has 0 aliphatic rings. The fourth-order valence-corrected chi connectivity index (χ4v) is 4.62. The van der Waals surface area contributed by atoms with Gasteiger partial charge in [0.15, 0.2) is 10.3 Å². The number of aryl methyl sites for hydroxylation is 1. The number of hydrogen-bond acceptors (Lipinski definition) is 7. The van der Waals surface area contributed by atoms with E-state index in [1.807, 2.05) is 25.1 Å². The van der Waals surface area contributed by atoms with Gasteiger partial charge in [0.2, 0.25) is 0 Å². The lowest BCUT2D eigenvalue weighted by atomic mass is 10.2. The standard InChI is InChI=1S/C18H10ClN5OS2/c1-10-6-7-14(21-9-10)24-16(25)11-4-2-3-5-13(11)22-18(24)26-17-12(8-20)15(19)23-27-17/h2-7,9H,1H3. The molecule has 0 amide bonds. The van der Waals surface area contributed by atoms with E-state index < -0.39 is 0 Å². The molecule has 3 heterocycles. The lowest BCUT2D eigenvalue weighted by molar-refractivity contribution is 0.795. The minimum atomic E-state index is -0.228. The van der Waals surface area contributed by atoms with Crippen LogP contribution < -0.4 is 5.56 Å². The van der Waals surface area contributed by atoms with Crippen LogP contribution in [0.5, 0.6) is 0 Å². The molecule has 0 aliphatic carbocycles. The van der Waals surface area contributed by atoms with Crippen LogP contribution in [0.4, 0.5) is 0 Å². The number of hydrogen-bond donors (Lipinski definition) is 0. The average Bonchev–Trinajstić information content (AvgIpc) is 3.02. The summed E-state index contributed by atoms with van der Waals surface area (Å²) in [5, 5.41) is 10.4. The predicted octanol–water partition coefficient (Wildman–Crippen LogP) is 4.22. The van der Waals surface area contributed by atoms with E-state index >= 15 is 0 Å². The third kappa shape index (κ3) is 3.21. The van der Waals surface area contributed by atoms with E-state index in [1.54, 1.807) is 30.5 Å². The van der Waals surface area contributed by atoms with E-state index in [0.717, 1.165) is 17.1 Å². The van der Waals surface area contributed by atoms with Gasteiger partial charge in [-0.2, -0.15) is 9.64 Å². The average molecular weight is 412 g/mol. The second-order valence-corrected chi connectivity index (χ2v) is 7.96. The van der Waals surface area contributed by atoms with Crippen LogP contribution in [-0.2, 0) is 0 Å². The van der Waals surface area contributed by atoms with Crippen LogP contribution in [0.1, 0.15) is 11.1 Å². The minimum absolute atomic E-state index is 0.146. The SMILES string of the molecule is Cc1ccc(-n2c(Sc3snc(Cl)c3C#N)nc3ccccc3c2=O)nc1. The summed E-state index contributed by atoms with van der Waals surface area (Å²) in [6.07, 6.45) is 1.69. The summed E-state index contributed by atoms with van der Waals surface area (Å²) in [7, 11) is 0. The number of para-hydroxylation sites is 1. The number of pyridine rings is 1. The predicted molar refractivity (Wildman–Crippen MR) is 106 cm³/mol. The quantitative estimate of drug-likeness (QED) is 0.469. The highest BCUT2D eigenvalue weighted by atomic mass is 35.5. The van der Waals surface area contributed by atoms with Crippen molar-refractivity contribution in [3.63, 3.8) is 0 Å². The van der Waals surface area contributed by atoms with Gasteiger partial charge in [-0.05, 0) is 54.0 Å². The Morgan fingerprint density at radius 3 is 2.81 bits per heavy atom. The summed E-state index contributed by atoms with van der Waals surface area (Å²) in [5.74, 6) is 0.459. The van der Waals surface area contributed by atoms with E-state index in [9.17, 15) is 10.1 Å². The van der Waals surface area contributed by atoms with Crippen LogP contribution in [0.25, 0.3) is 16.7 Å². The molecule has 0 N–H and O–H groups in total. The molecule has 0 saturated carbocycles. The van der Waals surface area contributed by atoms with Gasteiger partial charge in [0.25, 0.3) is 5.56 Å². The second kappa shape index (κ2) is 7.12. The molecule has 0 atom stereocenters. The van der Waals surface area contributed by atoms with E-state index in [0.29, 0.717) is 26.1 Å². The van der Waals surface area contributed by atoms with Crippen molar-refractivity contribution in [1.82, 2.24) is 18.9 Å².